The van der Waals surface area contributed by atoms with Crippen molar-refractivity contribution < 1.29 is 14.3 Å². The molecular weight excluding hydrogens is 436 g/mol. The van der Waals surface area contributed by atoms with Gasteiger partial charge in [0.15, 0.2) is 0 Å². The van der Waals surface area contributed by atoms with Crippen LogP contribution in [0, 0.1) is 0 Å². The molecule has 0 aliphatic carbocycles. The van der Waals surface area contributed by atoms with E-state index in [-0.39, 0.29) is 24.3 Å². The molecule has 0 N–H and O–H groups in total. The minimum Gasteiger partial charge on any atom is -0.497 e. The Morgan fingerprint density at radius 3 is 2.14 bits per heavy atom. The van der Waals surface area contributed by atoms with Crippen molar-refractivity contribution >= 4 is 11.8 Å². The van der Waals surface area contributed by atoms with E-state index < -0.39 is 0 Å². The average molecular weight is 473 g/mol. The Morgan fingerprint density at radius 1 is 0.857 bits per heavy atom. The highest BCUT2D eigenvalue weighted by atomic mass is 16.5. The highest BCUT2D eigenvalue weighted by Crippen LogP contribution is 2.18. The molecule has 5 nitrogen and oxygen atoms in total. The first-order valence-corrected chi connectivity index (χ1v) is 12.3. The van der Waals surface area contributed by atoms with Gasteiger partial charge in [-0.25, -0.2) is 0 Å². The quantitative estimate of drug-likeness (QED) is 0.345. The lowest BCUT2D eigenvalue weighted by atomic mass is 10.1. The molecule has 3 rings (SSSR count). The fraction of sp³-hybridized carbons (Fsp3) is 0.333. The molecule has 0 saturated carbocycles. The van der Waals surface area contributed by atoms with Gasteiger partial charge in [0, 0.05) is 37.7 Å². The fourth-order valence-electron chi connectivity index (χ4n) is 4.04. The number of benzene rings is 3. The first-order valence-electron chi connectivity index (χ1n) is 12.3. The van der Waals surface area contributed by atoms with Gasteiger partial charge in [-0.3, -0.25) is 9.59 Å². The van der Waals surface area contributed by atoms with Crippen LogP contribution in [-0.2, 0) is 17.8 Å². The zero-order valence-corrected chi connectivity index (χ0v) is 21.0. The molecule has 0 aromatic heterocycles. The van der Waals surface area contributed by atoms with Gasteiger partial charge in [-0.2, -0.15) is 0 Å². The topological polar surface area (TPSA) is 49.9 Å². The number of carbonyl (C=O) groups is 2. The number of rotatable bonds is 12. The summed E-state index contributed by atoms with van der Waals surface area (Å²) in [6.45, 7) is 5.64. The van der Waals surface area contributed by atoms with Crippen molar-refractivity contribution in [1.82, 2.24) is 9.80 Å². The number of amides is 2. The van der Waals surface area contributed by atoms with Crippen LogP contribution < -0.4 is 4.74 Å². The van der Waals surface area contributed by atoms with Crippen LogP contribution in [0.1, 0.15) is 48.2 Å². The van der Waals surface area contributed by atoms with Crippen LogP contribution in [0.3, 0.4) is 0 Å². The highest BCUT2D eigenvalue weighted by molar-refractivity contribution is 5.95. The second-order valence-corrected chi connectivity index (χ2v) is 8.77. The molecule has 0 saturated heterocycles. The molecule has 0 spiro atoms. The third-order valence-electron chi connectivity index (χ3n) is 6.35. The maximum Gasteiger partial charge on any atom is 0.254 e. The summed E-state index contributed by atoms with van der Waals surface area (Å²) in [5.41, 5.74) is 2.87. The molecule has 0 fully saturated rings. The smallest absolute Gasteiger partial charge is 0.254 e. The molecule has 3 aromatic rings. The van der Waals surface area contributed by atoms with E-state index in [2.05, 4.69) is 19.1 Å². The second-order valence-electron chi connectivity index (χ2n) is 8.77. The lowest BCUT2D eigenvalue weighted by Gasteiger charge is -2.30. The number of methoxy groups -OCH3 is 1. The Hall–Kier alpha value is -3.60. The molecule has 3 aromatic carbocycles. The van der Waals surface area contributed by atoms with Gasteiger partial charge in [0.2, 0.25) is 5.91 Å². The van der Waals surface area contributed by atoms with Gasteiger partial charge in [0.05, 0.1) is 7.11 Å². The standard InChI is InChI=1S/C30H36N2O3/c1-4-24(2)32(30(34)27-16-11-17-28(22-27)35-3)21-19-29(33)31(23-26-14-9-6-10-15-26)20-18-25-12-7-5-8-13-25/h5-17,22,24H,4,18-21,23H2,1-3H3. The SMILES string of the molecule is CCC(C)N(CCC(=O)N(CCc1ccccc1)Cc1ccccc1)C(=O)c1cccc(OC)c1. The number of hydrogen-bond acceptors (Lipinski definition) is 3. The first-order chi connectivity index (χ1) is 17.0. The van der Waals surface area contributed by atoms with E-state index in [0.29, 0.717) is 30.9 Å². The van der Waals surface area contributed by atoms with Crippen LogP contribution in [0.25, 0.3) is 0 Å². The van der Waals surface area contributed by atoms with Crippen LogP contribution >= 0.6 is 0 Å². The third-order valence-corrected chi connectivity index (χ3v) is 6.35. The van der Waals surface area contributed by atoms with Crippen LogP contribution in [0.15, 0.2) is 84.9 Å². The predicted molar refractivity (Wildman–Crippen MR) is 140 cm³/mol. The monoisotopic (exact) mass is 472 g/mol. The zero-order valence-electron chi connectivity index (χ0n) is 21.0. The third kappa shape index (κ3) is 7.71. The van der Waals surface area contributed by atoms with E-state index in [4.69, 9.17) is 4.74 Å². The van der Waals surface area contributed by atoms with Crippen molar-refractivity contribution in [2.24, 2.45) is 0 Å². The van der Waals surface area contributed by atoms with Crippen molar-refractivity contribution in [1.29, 1.82) is 0 Å². The molecule has 1 unspecified atom stereocenters. The lowest BCUT2D eigenvalue weighted by molar-refractivity contribution is -0.132. The molecule has 35 heavy (non-hydrogen) atoms. The first kappa shape index (κ1) is 26.0. The maximum absolute atomic E-state index is 13.4. The summed E-state index contributed by atoms with van der Waals surface area (Å²) in [6, 6.07) is 27.5. The molecular formula is C30H36N2O3. The van der Waals surface area contributed by atoms with Crippen LogP contribution in [-0.4, -0.2) is 47.9 Å². The number of nitrogens with zero attached hydrogens (tertiary/aromatic N) is 2. The van der Waals surface area contributed by atoms with Gasteiger partial charge in [-0.15, -0.1) is 0 Å². The zero-order chi connectivity index (χ0) is 25.0. The second kappa shape index (κ2) is 13.3. The van der Waals surface area contributed by atoms with Crippen LogP contribution in [0.2, 0.25) is 0 Å². The molecule has 0 bridgehead atoms. The van der Waals surface area contributed by atoms with Crippen molar-refractivity contribution in [3.63, 3.8) is 0 Å². The van der Waals surface area contributed by atoms with Gasteiger partial charge >= 0.3 is 0 Å². The van der Waals surface area contributed by atoms with E-state index >= 15 is 0 Å². The molecule has 1 atom stereocenters. The summed E-state index contributed by atoms with van der Waals surface area (Å²) in [6.07, 6.45) is 1.88. The molecule has 0 radical (unpaired) electrons. The average Bonchev–Trinajstić information content (AvgIpc) is 2.91. The minimum atomic E-state index is -0.0788. The normalized spacial score (nSPS) is 11.5. The van der Waals surface area contributed by atoms with Gasteiger partial charge in [-0.1, -0.05) is 73.7 Å². The Kier molecular flexibility index (Phi) is 9.91. The lowest BCUT2D eigenvalue weighted by Crippen LogP contribution is -2.42. The maximum atomic E-state index is 13.4. The van der Waals surface area contributed by atoms with E-state index in [1.807, 2.05) is 77.4 Å². The molecule has 184 valence electrons. The molecule has 0 aliphatic heterocycles. The predicted octanol–water partition coefficient (Wildman–Crippen LogP) is 5.60. The van der Waals surface area contributed by atoms with Crippen LogP contribution in [0.5, 0.6) is 5.75 Å². The number of hydrogen-bond donors (Lipinski definition) is 0. The fourth-order valence-corrected chi connectivity index (χ4v) is 4.04. The Bertz CT molecular complexity index is 1070. The summed E-state index contributed by atoms with van der Waals surface area (Å²) in [5, 5.41) is 0. The largest absolute Gasteiger partial charge is 0.497 e. The van der Waals surface area contributed by atoms with Gasteiger partial charge in [-0.05, 0) is 49.1 Å². The van der Waals surface area contributed by atoms with Crippen molar-refractivity contribution in [3.05, 3.63) is 102 Å². The Labute approximate surface area is 209 Å². The number of ether oxygens (including phenoxy) is 1. The van der Waals surface area contributed by atoms with E-state index in [9.17, 15) is 9.59 Å². The Balaban J connectivity index is 1.72. The highest BCUT2D eigenvalue weighted by Gasteiger charge is 2.23. The van der Waals surface area contributed by atoms with Gasteiger partial charge in [0.25, 0.3) is 5.91 Å². The molecule has 0 heterocycles. The Morgan fingerprint density at radius 2 is 1.51 bits per heavy atom. The molecule has 2 amide bonds. The van der Waals surface area contributed by atoms with E-state index in [1.54, 1.807) is 19.2 Å². The van der Waals surface area contributed by atoms with Crippen molar-refractivity contribution in [2.45, 2.75) is 45.7 Å². The van der Waals surface area contributed by atoms with E-state index in [0.717, 1.165) is 18.4 Å². The van der Waals surface area contributed by atoms with Gasteiger partial charge < -0.3 is 14.5 Å². The van der Waals surface area contributed by atoms with Crippen molar-refractivity contribution in [2.75, 3.05) is 20.2 Å². The summed E-state index contributed by atoms with van der Waals surface area (Å²) in [5.74, 6) is 0.618. The summed E-state index contributed by atoms with van der Waals surface area (Å²) < 4.78 is 5.29. The van der Waals surface area contributed by atoms with Crippen molar-refractivity contribution in [3.8, 4) is 5.75 Å². The van der Waals surface area contributed by atoms with Crippen LogP contribution in [0.4, 0.5) is 0 Å². The summed E-state index contributed by atoms with van der Waals surface area (Å²) >= 11 is 0. The van der Waals surface area contributed by atoms with E-state index in [1.165, 1.54) is 5.56 Å². The summed E-state index contributed by atoms with van der Waals surface area (Å²) in [7, 11) is 1.59. The molecule has 5 heteroatoms. The minimum absolute atomic E-state index is 0.0217. The van der Waals surface area contributed by atoms with Gasteiger partial charge in [0.1, 0.15) is 5.75 Å². The summed E-state index contributed by atoms with van der Waals surface area (Å²) in [4.78, 5) is 30.5. The molecule has 0 aliphatic rings. The number of carbonyl (C=O) groups excluding carboxylic acids is 2.